The fourth-order valence-corrected chi connectivity index (χ4v) is 1.85. The van der Waals surface area contributed by atoms with Crippen molar-refractivity contribution in [3.8, 4) is 0 Å². The van der Waals surface area contributed by atoms with Gasteiger partial charge in [0, 0.05) is 11.4 Å². The van der Waals surface area contributed by atoms with Gasteiger partial charge in [-0.1, -0.05) is 0 Å². The Labute approximate surface area is 81.1 Å². The minimum atomic E-state index is -0.358. The zero-order valence-electron chi connectivity index (χ0n) is 7.68. The summed E-state index contributed by atoms with van der Waals surface area (Å²) in [5, 5.41) is 4.68. The molecule has 72 valence electrons. The molecule has 0 aromatic carbocycles. The predicted molar refractivity (Wildman–Crippen MR) is 53.4 cm³/mol. The number of hydrogen-bond acceptors (Lipinski definition) is 3. The van der Waals surface area contributed by atoms with E-state index in [9.17, 15) is 4.79 Å². The quantitative estimate of drug-likeness (QED) is 0.378. The highest BCUT2D eigenvalue weighted by molar-refractivity contribution is 7.10. The van der Waals surface area contributed by atoms with Crippen molar-refractivity contribution in [2.45, 2.75) is 20.4 Å². The van der Waals surface area contributed by atoms with Crippen LogP contribution in [-0.4, -0.2) is 6.03 Å². The highest BCUT2D eigenvalue weighted by Crippen LogP contribution is 2.19. The first kappa shape index (κ1) is 10.0. The molecule has 1 aromatic heterocycles. The van der Waals surface area contributed by atoms with Gasteiger partial charge in [0.2, 0.25) is 0 Å². The molecule has 0 fully saturated rings. The molecule has 0 unspecified atom stereocenters. The van der Waals surface area contributed by atoms with Crippen molar-refractivity contribution in [1.82, 2.24) is 10.7 Å². The summed E-state index contributed by atoms with van der Waals surface area (Å²) < 4.78 is 0. The normalized spacial score (nSPS) is 9.77. The lowest BCUT2D eigenvalue weighted by molar-refractivity contribution is 0.241. The predicted octanol–water partition coefficient (Wildman–Crippen LogP) is 1.04. The van der Waals surface area contributed by atoms with Crippen LogP contribution in [0.25, 0.3) is 0 Å². The van der Waals surface area contributed by atoms with Crippen molar-refractivity contribution in [1.29, 1.82) is 0 Å². The van der Waals surface area contributed by atoms with E-state index >= 15 is 0 Å². The first-order valence-corrected chi connectivity index (χ1v) is 4.81. The van der Waals surface area contributed by atoms with Crippen molar-refractivity contribution >= 4 is 17.4 Å². The smallest absolute Gasteiger partial charge is 0.329 e. The molecule has 0 aliphatic heterocycles. The number of carbonyl (C=O) groups is 1. The molecular weight excluding hydrogens is 186 g/mol. The number of carbonyl (C=O) groups excluding carboxylic acids is 1. The standard InChI is InChI=1S/C8H13N3OS/c1-5-6(2)13-4-7(5)3-10-8(12)11-9/h4H,3,9H2,1-2H3,(H2,10,11,12). The molecule has 4 N–H and O–H groups in total. The third kappa shape index (κ3) is 2.43. The maximum atomic E-state index is 10.8. The zero-order chi connectivity index (χ0) is 9.84. The van der Waals surface area contributed by atoms with E-state index in [1.165, 1.54) is 10.4 Å². The van der Waals surface area contributed by atoms with E-state index in [4.69, 9.17) is 5.84 Å². The Morgan fingerprint density at radius 1 is 1.62 bits per heavy atom. The average Bonchev–Trinajstić information content (AvgIpc) is 2.44. The van der Waals surface area contributed by atoms with E-state index in [-0.39, 0.29) is 6.03 Å². The Kier molecular flexibility index (Phi) is 3.27. The van der Waals surface area contributed by atoms with E-state index in [1.54, 1.807) is 11.3 Å². The monoisotopic (exact) mass is 199 g/mol. The van der Waals surface area contributed by atoms with Gasteiger partial charge in [-0.05, 0) is 30.4 Å². The number of urea groups is 1. The third-order valence-electron chi connectivity index (χ3n) is 1.96. The number of nitrogens with one attached hydrogen (secondary N) is 2. The summed E-state index contributed by atoms with van der Waals surface area (Å²) in [7, 11) is 0. The molecule has 0 aliphatic rings. The summed E-state index contributed by atoms with van der Waals surface area (Å²) in [4.78, 5) is 12.0. The Hall–Kier alpha value is -1.07. The van der Waals surface area contributed by atoms with Gasteiger partial charge in [-0.3, -0.25) is 5.43 Å². The van der Waals surface area contributed by atoms with E-state index in [0.717, 1.165) is 5.56 Å². The lowest BCUT2D eigenvalue weighted by Crippen LogP contribution is -2.39. The number of nitrogens with two attached hydrogens (primary N) is 1. The van der Waals surface area contributed by atoms with Crippen LogP contribution in [0.5, 0.6) is 0 Å². The SMILES string of the molecule is Cc1scc(CNC(=O)NN)c1C. The van der Waals surface area contributed by atoms with Gasteiger partial charge in [0.05, 0.1) is 0 Å². The minimum Gasteiger partial charge on any atom is -0.333 e. The largest absolute Gasteiger partial charge is 0.333 e. The molecule has 4 nitrogen and oxygen atoms in total. The number of amides is 2. The van der Waals surface area contributed by atoms with Crippen LogP contribution in [0.2, 0.25) is 0 Å². The highest BCUT2D eigenvalue weighted by atomic mass is 32.1. The number of hydrazine groups is 1. The van der Waals surface area contributed by atoms with Crippen LogP contribution in [0, 0.1) is 13.8 Å². The molecule has 0 aliphatic carbocycles. The summed E-state index contributed by atoms with van der Waals surface area (Å²) in [6, 6.07) is -0.358. The first-order valence-electron chi connectivity index (χ1n) is 3.93. The van der Waals surface area contributed by atoms with Crippen molar-refractivity contribution in [3.05, 3.63) is 21.4 Å². The van der Waals surface area contributed by atoms with Gasteiger partial charge in [0.1, 0.15) is 0 Å². The zero-order valence-corrected chi connectivity index (χ0v) is 8.49. The summed E-state index contributed by atoms with van der Waals surface area (Å²) in [5.41, 5.74) is 4.40. The highest BCUT2D eigenvalue weighted by Gasteiger charge is 2.04. The van der Waals surface area contributed by atoms with Crippen molar-refractivity contribution < 1.29 is 4.79 Å². The van der Waals surface area contributed by atoms with Gasteiger partial charge < -0.3 is 5.32 Å². The van der Waals surface area contributed by atoms with Gasteiger partial charge in [-0.25, -0.2) is 10.6 Å². The number of hydrogen-bond donors (Lipinski definition) is 3. The van der Waals surface area contributed by atoms with Gasteiger partial charge >= 0.3 is 6.03 Å². The number of thiophene rings is 1. The van der Waals surface area contributed by atoms with Crippen LogP contribution in [0.4, 0.5) is 4.79 Å². The maximum absolute atomic E-state index is 10.8. The molecule has 0 saturated carbocycles. The summed E-state index contributed by atoms with van der Waals surface area (Å²) >= 11 is 1.69. The second-order valence-corrected chi connectivity index (χ2v) is 3.85. The third-order valence-corrected chi connectivity index (χ3v) is 3.02. The lowest BCUT2D eigenvalue weighted by Gasteiger charge is -2.03. The minimum absolute atomic E-state index is 0.358. The molecular formula is C8H13N3OS. The Morgan fingerprint density at radius 2 is 2.31 bits per heavy atom. The molecule has 0 bridgehead atoms. The Morgan fingerprint density at radius 3 is 2.77 bits per heavy atom. The molecule has 0 atom stereocenters. The summed E-state index contributed by atoms with van der Waals surface area (Å²) in [6.45, 7) is 4.63. The Balaban J connectivity index is 2.55. The second-order valence-electron chi connectivity index (χ2n) is 2.77. The second kappa shape index (κ2) is 4.25. The molecule has 2 amide bonds. The molecule has 0 saturated heterocycles. The number of aryl methyl sites for hydroxylation is 1. The molecule has 1 heterocycles. The van der Waals surface area contributed by atoms with Crippen molar-refractivity contribution in [3.63, 3.8) is 0 Å². The van der Waals surface area contributed by atoms with Crippen molar-refractivity contribution in [2.24, 2.45) is 5.84 Å². The molecule has 1 rings (SSSR count). The van der Waals surface area contributed by atoms with Crippen LogP contribution in [0.15, 0.2) is 5.38 Å². The molecule has 1 aromatic rings. The average molecular weight is 199 g/mol. The molecule has 5 heteroatoms. The van der Waals surface area contributed by atoms with Crippen LogP contribution in [-0.2, 0) is 6.54 Å². The topological polar surface area (TPSA) is 67.2 Å². The number of rotatable bonds is 2. The van der Waals surface area contributed by atoms with E-state index in [0.29, 0.717) is 6.54 Å². The lowest BCUT2D eigenvalue weighted by atomic mass is 10.2. The van der Waals surface area contributed by atoms with E-state index in [2.05, 4.69) is 12.2 Å². The fraction of sp³-hybridized carbons (Fsp3) is 0.375. The van der Waals surface area contributed by atoms with E-state index in [1.807, 2.05) is 17.7 Å². The molecule has 0 radical (unpaired) electrons. The fourth-order valence-electron chi connectivity index (χ4n) is 0.963. The molecule has 13 heavy (non-hydrogen) atoms. The first-order chi connectivity index (χ1) is 6.15. The van der Waals surface area contributed by atoms with Crippen LogP contribution < -0.4 is 16.6 Å². The Bertz CT molecular complexity index is 308. The van der Waals surface area contributed by atoms with Gasteiger partial charge in [0.15, 0.2) is 0 Å². The van der Waals surface area contributed by atoms with Crippen LogP contribution in [0.1, 0.15) is 16.0 Å². The van der Waals surface area contributed by atoms with E-state index < -0.39 is 0 Å². The summed E-state index contributed by atoms with van der Waals surface area (Å²) in [5.74, 6) is 4.92. The van der Waals surface area contributed by atoms with Crippen molar-refractivity contribution in [2.75, 3.05) is 0 Å². The van der Waals surface area contributed by atoms with Gasteiger partial charge in [-0.15, -0.1) is 11.3 Å². The van der Waals surface area contributed by atoms with Gasteiger partial charge in [0.25, 0.3) is 0 Å². The molecule has 0 spiro atoms. The van der Waals surface area contributed by atoms with Crippen LogP contribution in [0.3, 0.4) is 0 Å². The maximum Gasteiger partial charge on any atom is 0.329 e. The summed E-state index contributed by atoms with van der Waals surface area (Å²) in [6.07, 6.45) is 0. The van der Waals surface area contributed by atoms with Crippen LogP contribution >= 0.6 is 11.3 Å². The van der Waals surface area contributed by atoms with Gasteiger partial charge in [-0.2, -0.15) is 0 Å².